The Morgan fingerprint density at radius 2 is 2.11 bits per heavy atom. The quantitative estimate of drug-likeness (QED) is 0.500. The van der Waals surface area contributed by atoms with Gasteiger partial charge in [0.1, 0.15) is 0 Å². The van der Waals surface area contributed by atoms with Crippen LogP contribution >= 0.6 is 0 Å². The first-order valence-electron chi connectivity index (χ1n) is 6.92. The van der Waals surface area contributed by atoms with Crippen molar-refractivity contribution in [3.8, 4) is 0 Å². The van der Waals surface area contributed by atoms with Crippen molar-refractivity contribution in [2.24, 2.45) is 5.16 Å². The van der Waals surface area contributed by atoms with Crippen molar-refractivity contribution < 1.29 is 5.21 Å². The first kappa shape index (κ1) is 12.9. The maximum Gasteiger partial charge on any atom is 0.0889 e. The maximum atomic E-state index is 9.13. The Kier molecular flexibility index (Phi) is 4.62. The van der Waals surface area contributed by atoms with E-state index in [-0.39, 0.29) is 0 Å². The molecule has 0 amide bonds. The zero-order chi connectivity index (χ0) is 12.8. The van der Waals surface area contributed by atoms with Gasteiger partial charge in [0, 0.05) is 24.3 Å². The van der Waals surface area contributed by atoms with Crippen molar-refractivity contribution in [2.45, 2.75) is 39.0 Å². The Bertz CT molecular complexity index is 415. The van der Waals surface area contributed by atoms with Crippen LogP contribution in [0, 0.1) is 0 Å². The molecule has 0 unspecified atom stereocenters. The molecule has 0 saturated heterocycles. The monoisotopic (exact) mass is 246 g/mol. The second-order valence-electron chi connectivity index (χ2n) is 4.86. The zero-order valence-electron chi connectivity index (χ0n) is 11.1. The number of nitrogens with zero attached hydrogens (tertiary/aromatic N) is 2. The Labute approximate surface area is 109 Å². The molecule has 1 aliphatic heterocycles. The second-order valence-corrected chi connectivity index (χ2v) is 4.86. The topological polar surface area (TPSA) is 35.8 Å². The molecule has 98 valence electrons. The highest BCUT2D eigenvalue weighted by molar-refractivity contribution is 6.05. The molecule has 0 spiro atoms. The molecular weight excluding hydrogens is 224 g/mol. The van der Waals surface area contributed by atoms with Gasteiger partial charge >= 0.3 is 0 Å². The number of unbranched alkanes of at least 4 members (excludes halogenated alkanes) is 2. The summed E-state index contributed by atoms with van der Waals surface area (Å²) in [5, 5.41) is 12.6. The summed E-state index contributed by atoms with van der Waals surface area (Å²) in [6, 6.07) is 8.27. The van der Waals surface area contributed by atoms with Crippen LogP contribution in [-0.4, -0.2) is 24.0 Å². The molecule has 0 saturated carbocycles. The molecule has 0 aliphatic carbocycles. The van der Waals surface area contributed by atoms with Gasteiger partial charge in [-0.1, -0.05) is 43.1 Å². The van der Waals surface area contributed by atoms with Crippen LogP contribution in [0.2, 0.25) is 0 Å². The van der Waals surface area contributed by atoms with Gasteiger partial charge < -0.3 is 10.1 Å². The number of hydrogen-bond acceptors (Lipinski definition) is 3. The Morgan fingerprint density at radius 3 is 2.89 bits per heavy atom. The predicted octanol–water partition coefficient (Wildman–Crippen LogP) is 3.66. The fourth-order valence-electron chi connectivity index (χ4n) is 2.57. The predicted molar refractivity (Wildman–Crippen MR) is 75.7 cm³/mol. The highest BCUT2D eigenvalue weighted by atomic mass is 16.4. The number of anilines is 1. The van der Waals surface area contributed by atoms with Crippen LogP contribution in [0.4, 0.5) is 5.69 Å². The minimum atomic E-state index is 0.823. The highest BCUT2D eigenvalue weighted by Gasteiger charge is 2.18. The third-order valence-corrected chi connectivity index (χ3v) is 3.55. The fraction of sp³-hybridized carbons (Fsp3) is 0.533. The van der Waals surface area contributed by atoms with Crippen molar-refractivity contribution in [3.63, 3.8) is 0 Å². The minimum absolute atomic E-state index is 0.823. The van der Waals surface area contributed by atoms with Crippen molar-refractivity contribution in [3.05, 3.63) is 29.8 Å². The van der Waals surface area contributed by atoms with Crippen molar-refractivity contribution in [1.82, 2.24) is 0 Å². The molecule has 0 bridgehead atoms. The van der Waals surface area contributed by atoms with Crippen LogP contribution in [0.25, 0.3) is 0 Å². The lowest BCUT2D eigenvalue weighted by atomic mass is 10.1. The number of rotatable bonds is 4. The van der Waals surface area contributed by atoms with Crippen LogP contribution < -0.4 is 4.90 Å². The SMILES string of the molecule is CCCCCN1CCC/C(=N/O)c2ccccc21. The Morgan fingerprint density at radius 1 is 1.28 bits per heavy atom. The van der Waals surface area contributed by atoms with Crippen molar-refractivity contribution in [2.75, 3.05) is 18.0 Å². The van der Waals surface area contributed by atoms with E-state index >= 15 is 0 Å². The Hall–Kier alpha value is -1.51. The lowest BCUT2D eigenvalue weighted by Crippen LogP contribution is -2.25. The van der Waals surface area contributed by atoms with Gasteiger partial charge in [-0.15, -0.1) is 0 Å². The fourth-order valence-corrected chi connectivity index (χ4v) is 2.57. The molecular formula is C15H22N2O. The molecule has 0 aromatic heterocycles. The van der Waals surface area contributed by atoms with E-state index in [1.165, 1.54) is 24.9 Å². The molecule has 1 heterocycles. The molecule has 1 aliphatic rings. The van der Waals surface area contributed by atoms with Gasteiger partial charge in [-0.3, -0.25) is 0 Å². The van der Waals surface area contributed by atoms with E-state index in [2.05, 4.69) is 35.2 Å². The van der Waals surface area contributed by atoms with E-state index in [1.807, 2.05) is 6.07 Å². The molecule has 0 radical (unpaired) electrons. The average molecular weight is 246 g/mol. The van der Waals surface area contributed by atoms with Gasteiger partial charge in [0.25, 0.3) is 0 Å². The Balaban J connectivity index is 2.22. The van der Waals surface area contributed by atoms with Crippen LogP contribution in [0.5, 0.6) is 0 Å². The van der Waals surface area contributed by atoms with Crippen LogP contribution in [0.15, 0.2) is 29.4 Å². The zero-order valence-corrected chi connectivity index (χ0v) is 11.1. The number of benzene rings is 1. The minimum Gasteiger partial charge on any atom is -0.411 e. The first-order chi connectivity index (χ1) is 8.86. The molecule has 1 aromatic carbocycles. The van der Waals surface area contributed by atoms with Crippen LogP contribution in [0.3, 0.4) is 0 Å². The first-order valence-corrected chi connectivity index (χ1v) is 6.92. The summed E-state index contributed by atoms with van der Waals surface area (Å²) in [6.45, 7) is 4.39. The third kappa shape index (κ3) is 2.84. The molecule has 2 rings (SSSR count). The summed E-state index contributed by atoms with van der Waals surface area (Å²) in [6.07, 6.45) is 5.67. The third-order valence-electron chi connectivity index (χ3n) is 3.55. The average Bonchev–Trinajstić information content (AvgIpc) is 2.59. The maximum absolute atomic E-state index is 9.13. The van der Waals surface area contributed by atoms with E-state index in [0.717, 1.165) is 37.2 Å². The summed E-state index contributed by atoms with van der Waals surface area (Å²) in [5.74, 6) is 0. The van der Waals surface area contributed by atoms with Crippen molar-refractivity contribution in [1.29, 1.82) is 0 Å². The summed E-state index contributed by atoms with van der Waals surface area (Å²) < 4.78 is 0. The van der Waals surface area contributed by atoms with Crippen LogP contribution in [-0.2, 0) is 0 Å². The standard InChI is InChI=1S/C15H22N2O/c1-2-3-6-11-17-12-7-9-14(16-18)13-8-4-5-10-15(13)17/h4-5,8,10,18H,2-3,6-7,9,11-12H2,1H3/b16-14-. The van der Waals surface area contributed by atoms with Gasteiger partial charge in [-0.25, -0.2) is 0 Å². The van der Waals surface area contributed by atoms with Crippen molar-refractivity contribution >= 4 is 11.4 Å². The van der Waals surface area contributed by atoms with Gasteiger partial charge in [0.2, 0.25) is 0 Å². The van der Waals surface area contributed by atoms with Crippen LogP contribution in [0.1, 0.15) is 44.6 Å². The van der Waals surface area contributed by atoms with E-state index in [4.69, 9.17) is 5.21 Å². The summed E-state index contributed by atoms with van der Waals surface area (Å²) in [4.78, 5) is 2.43. The molecule has 1 N–H and O–H groups in total. The van der Waals surface area contributed by atoms with Gasteiger partial charge in [-0.2, -0.15) is 0 Å². The summed E-state index contributed by atoms with van der Waals surface area (Å²) >= 11 is 0. The van der Waals surface area contributed by atoms with E-state index < -0.39 is 0 Å². The number of hydrogen-bond donors (Lipinski definition) is 1. The van der Waals surface area contributed by atoms with Gasteiger partial charge in [-0.05, 0) is 25.3 Å². The number of para-hydroxylation sites is 1. The number of fused-ring (bicyclic) bond motifs is 1. The molecule has 1 aromatic rings. The van der Waals surface area contributed by atoms with Gasteiger partial charge in [0.05, 0.1) is 5.71 Å². The summed E-state index contributed by atoms with van der Waals surface area (Å²) in [7, 11) is 0. The number of oxime groups is 1. The molecule has 0 fully saturated rings. The van der Waals surface area contributed by atoms with Gasteiger partial charge in [0.15, 0.2) is 0 Å². The second kappa shape index (κ2) is 6.43. The smallest absolute Gasteiger partial charge is 0.0889 e. The van der Waals surface area contributed by atoms with E-state index in [9.17, 15) is 0 Å². The van der Waals surface area contributed by atoms with E-state index in [1.54, 1.807) is 0 Å². The lowest BCUT2D eigenvalue weighted by Gasteiger charge is -2.24. The molecule has 3 nitrogen and oxygen atoms in total. The lowest BCUT2D eigenvalue weighted by molar-refractivity contribution is 0.318. The highest BCUT2D eigenvalue weighted by Crippen LogP contribution is 2.26. The molecule has 0 atom stereocenters. The normalized spacial score (nSPS) is 17.6. The molecule has 3 heteroatoms. The molecule has 18 heavy (non-hydrogen) atoms. The van der Waals surface area contributed by atoms with E-state index in [0.29, 0.717) is 0 Å². The largest absolute Gasteiger partial charge is 0.411 e. The summed E-state index contributed by atoms with van der Waals surface area (Å²) in [5.41, 5.74) is 3.14.